The van der Waals surface area contributed by atoms with Crippen LogP contribution >= 0.6 is 0 Å². The van der Waals surface area contributed by atoms with Crippen molar-refractivity contribution >= 4 is 16.8 Å². The van der Waals surface area contributed by atoms with E-state index in [0.717, 1.165) is 32.4 Å². The van der Waals surface area contributed by atoms with E-state index in [1.54, 1.807) is 0 Å². The highest BCUT2D eigenvalue weighted by atomic mass is 16.2. The molecule has 1 aromatic carbocycles. The molecule has 2 aliphatic rings. The number of rotatable bonds is 2. The minimum atomic E-state index is 0.256. The molecule has 1 saturated carbocycles. The molecule has 2 heterocycles. The van der Waals surface area contributed by atoms with E-state index in [1.807, 2.05) is 12.3 Å². The fourth-order valence-corrected chi connectivity index (χ4v) is 4.34. The van der Waals surface area contributed by atoms with Gasteiger partial charge in [0.1, 0.15) is 0 Å². The van der Waals surface area contributed by atoms with Gasteiger partial charge in [-0.2, -0.15) is 5.10 Å². The van der Waals surface area contributed by atoms with Gasteiger partial charge in [-0.15, -0.1) is 0 Å². The Morgan fingerprint density at radius 2 is 2.09 bits per heavy atom. The molecule has 23 heavy (non-hydrogen) atoms. The van der Waals surface area contributed by atoms with Crippen molar-refractivity contribution in [3.8, 4) is 0 Å². The quantitative estimate of drug-likeness (QED) is 0.849. The summed E-state index contributed by atoms with van der Waals surface area (Å²) in [6.45, 7) is 3.97. The van der Waals surface area contributed by atoms with Gasteiger partial charge in [0.05, 0.1) is 17.8 Å². The van der Waals surface area contributed by atoms with Crippen molar-refractivity contribution in [1.82, 2.24) is 14.7 Å². The second-order valence-corrected chi connectivity index (χ2v) is 7.34. The molecule has 1 aliphatic carbocycles. The minimum absolute atomic E-state index is 0.256. The van der Waals surface area contributed by atoms with E-state index in [2.05, 4.69) is 39.8 Å². The number of carbonyl (C=O) groups excluding carboxylic acids is 1. The Balaban J connectivity index is 1.47. The fraction of sp³-hybridized carbons (Fsp3) is 0.579. The van der Waals surface area contributed by atoms with Gasteiger partial charge in [-0.05, 0) is 31.2 Å². The zero-order valence-electron chi connectivity index (χ0n) is 13.8. The van der Waals surface area contributed by atoms with Crippen molar-refractivity contribution in [3.05, 3.63) is 30.5 Å². The predicted molar refractivity (Wildman–Crippen MR) is 91.1 cm³/mol. The number of carbonyl (C=O) groups is 1. The van der Waals surface area contributed by atoms with Crippen molar-refractivity contribution in [3.63, 3.8) is 0 Å². The van der Waals surface area contributed by atoms with Crippen LogP contribution in [0, 0.1) is 11.8 Å². The van der Waals surface area contributed by atoms with Crippen molar-refractivity contribution in [1.29, 1.82) is 0 Å². The summed E-state index contributed by atoms with van der Waals surface area (Å²) >= 11 is 0. The van der Waals surface area contributed by atoms with Crippen LogP contribution in [0.25, 0.3) is 10.9 Å². The van der Waals surface area contributed by atoms with Crippen molar-refractivity contribution in [2.24, 2.45) is 11.8 Å². The third kappa shape index (κ3) is 2.75. The molecule has 1 aromatic heterocycles. The van der Waals surface area contributed by atoms with Gasteiger partial charge in [0.15, 0.2) is 0 Å². The van der Waals surface area contributed by atoms with Crippen LogP contribution in [0.3, 0.4) is 0 Å². The van der Waals surface area contributed by atoms with Gasteiger partial charge in [0.25, 0.3) is 0 Å². The molecule has 1 amide bonds. The van der Waals surface area contributed by atoms with Gasteiger partial charge < -0.3 is 4.90 Å². The van der Waals surface area contributed by atoms with Crippen LogP contribution in [-0.4, -0.2) is 33.7 Å². The molecule has 3 atom stereocenters. The number of amides is 1. The van der Waals surface area contributed by atoms with Crippen LogP contribution in [0.15, 0.2) is 30.5 Å². The van der Waals surface area contributed by atoms with E-state index >= 15 is 0 Å². The summed E-state index contributed by atoms with van der Waals surface area (Å²) < 4.78 is 2.12. The number of fused-ring (bicyclic) bond motifs is 1. The Labute approximate surface area is 137 Å². The topological polar surface area (TPSA) is 38.1 Å². The second kappa shape index (κ2) is 5.99. The van der Waals surface area contributed by atoms with Gasteiger partial charge in [0.2, 0.25) is 5.91 Å². The number of aromatic nitrogens is 2. The highest BCUT2D eigenvalue weighted by molar-refractivity contribution is 5.80. The maximum absolute atomic E-state index is 12.8. The van der Waals surface area contributed by atoms with Gasteiger partial charge in [-0.1, -0.05) is 38.0 Å². The van der Waals surface area contributed by atoms with E-state index < -0.39 is 0 Å². The monoisotopic (exact) mass is 311 g/mol. The molecular formula is C19H25N3O. The zero-order valence-corrected chi connectivity index (χ0v) is 13.8. The molecule has 4 heteroatoms. The first-order chi connectivity index (χ1) is 11.2. The third-order valence-electron chi connectivity index (χ3n) is 5.61. The molecule has 0 bridgehead atoms. The van der Waals surface area contributed by atoms with Crippen molar-refractivity contribution in [2.45, 2.75) is 45.1 Å². The van der Waals surface area contributed by atoms with E-state index in [9.17, 15) is 4.79 Å². The van der Waals surface area contributed by atoms with Crippen molar-refractivity contribution < 1.29 is 4.79 Å². The molecule has 0 unspecified atom stereocenters. The Morgan fingerprint density at radius 1 is 1.22 bits per heavy atom. The molecule has 1 aliphatic heterocycles. The Hall–Kier alpha value is -1.84. The van der Waals surface area contributed by atoms with Crippen LogP contribution in [-0.2, 0) is 4.79 Å². The Bertz CT molecular complexity index is 707. The molecule has 4 nitrogen and oxygen atoms in total. The second-order valence-electron chi connectivity index (χ2n) is 7.34. The average Bonchev–Trinajstić information content (AvgIpc) is 3.20. The highest BCUT2D eigenvalue weighted by Gasteiger charge is 2.34. The molecule has 122 valence electrons. The molecule has 0 radical (unpaired) electrons. The first kappa shape index (κ1) is 14.7. The van der Waals surface area contributed by atoms with Crippen LogP contribution in [0.4, 0.5) is 0 Å². The Morgan fingerprint density at radius 3 is 2.96 bits per heavy atom. The summed E-state index contributed by atoms with van der Waals surface area (Å²) in [6.07, 6.45) is 7.59. The molecule has 1 saturated heterocycles. The summed E-state index contributed by atoms with van der Waals surface area (Å²) in [4.78, 5) is 14.9. The van der Waals surface area contributed by atoms with Crippen LogP contribution < -0.4 is 0 Å². The smallest absolute Gasteiger partial charge is 0.225 e. The molecule has 0 N–H and O–H groups in total. The number of likely N-dealkylation sites (tertiary alicyclic amines) is 1. The van der Waals surface area contributed by atoms with E-state index in [0.29, 0.717) is 17.9 Å². The van der Waals surface area contributed by atoms with E-state index in [1.165, 1.54) is 23.7 Å². The summed E-state index contributed by atoms with van der Waals surface area (Å²) in [5.41, 5.74) is 1.18. The normalized spacial score (nSPS) is 28.4. The maximum atomic E-state index is 12.8. The lowest BCUT2D eigenvalue weighted by Gasteiger charge is -2.29. The lowest BCUT2D eigenvalue weighted by atomic mass is 9.82. The average molecular weight is 311 g/mol. The lowest BCUT2D eigenvalue weighted by Crippen LogP contribution is -2.36. The van der Waals surface area contributed by atoms with Gasteiger partial charge in [-0.25, -0.2) is 0 Å². The molecule has 4 rings (SSSR count). The van der Waals surface area contributed by atoms with E-state index in [4.69, 9.17) is 0 Å². The maximum Gasteiger partial charge on any atom is 0.225 e. The lowest BCUT2D eigenvalue weighted by molar-refractivity contribution is -0.136. The summed E-state index contributed by atoms with van der Waals surface area (Å²) in [6, 6.07) is 8.64. The van der Waals surface area contributed by atoms with Crippen LogP contribution in [0.1, 0.15) is 45.1 Å². The summed E-state index contributed by atoms with van der Waals surface area (Å²) in [7, 11) is 0. The van der Waals surface area contributed by atoms with E-state index in [-0.39, 0.29) is 5.92 Å². The predicted octanol–water partition coefficient (Wildman–Crippen LogP) is 3.64. The van der Waals surface area contributed by atoms with Crippen LogP contribution in [0.5, 0.6) is 0 Å². The summed E-state index contributed by atoms with van der Waals surface area (Å²) in [5, 5.41) is 5.75. The Kier molecular flexibility index (Phi) is 3.83. The molecular weight excluding hydrogens is 286 g/mol. The number of benzene rings is 1. The third-order valence-corrected chi connectivity index (χ3v) is 5.61. The fourth-order valence-electron chi connectivity index (χ4n) is 4.34. The van der Waals surface area contributed by atoms with Gasteiger partial charge >= 0.3 is 0 Å². The first-order valence-corrected chi connectivity index (χ1v) is 8.93. The first-order valence-electron chi connectivity index (χ1n) is 8.93. The summed E-state index contributed by atoms with van der Waals surface area (Å²) in [5.74, 6) is 1.34. The molecule has 2 fully saturated rings. The standard InChI is InChI=1S/C19H25N3O/c1-14-5-4-7-15(11-14)19(23)21-10-9-17(13-21)22-18-8-3-2-6-16(18)12-20-22/h2-3,6,8,12,14-15,17H,4-5,7,9-11,13H2,1H3/t14-,15+,17+/m1/s1. The molecule has 2 aromatic rings. The SMILES string of the molecule is C[C@@H]1CCC[C@H](C(=O)N2CC[C@H](n3ncc4ccccc43)C2)C1. The highest BCUT2D eigenvalue weighted by Crippen LogP contribution is 2.32. The van der Waals surface area contributed by atoms with Gasteiger partial charge in [0, 0.05) is 24.4 Å². The number of hydrogen-bond donors (Lipinski definition) is 0. The van der Waals surface area contributed by atoms with Gasteiger partial charge in [-0.3, -0.25) is 9.48 Å². The number of hydrogen-bond acceptors (Lipinski definition) is 2. The van der Waals surface area contributed by atoms with Crippen LogP contribution in [0.2, 0.25) is 0 Å². The molecule has 0 spiro atoms. The minimum Gasteiger partial charge on any atom is -0.340 e. The number of nitrogens with zero attached hydrogens (tertiary/aromatic N) is 3. The zero-order chi connectivity index (χ0) is 15.8. The van der Waals surface area contributed by atoms with Crippen molar-refractivity contribution in [2.75, 3.05) is 13.1 Å². The number of para-hydroxylation sites is 1. The largest absolute Gasteiger partial charge is 0.340 e.